The molecule has 0 radical (unpaired) electrons. The molecule has 0 aliphatic rings. The number of aromatic amines is 1. The average molecular weight is 478 g/mol. The van der Waals surface area contributed by atoms with Crippen molar-refractivity contribution < 1.29 is 0 Å². The Balaban J connectivity index is 1.30. The quantitative estimate of drug-likeness (QED) is 0.191. The number of hydrogen-bond donors (Lipinski definition) is 2. The standard InChI is InChI=1S/C29H27N5S/c30-29(27-12-7-17-35-27)32-25-15-13-24(14-16-25)26-18-31-28(33-26)21-34(19-22-8-3-1-4-9-22)20-23-10-5-2-6-11-23/h1-18H,19-21H2,(H2,30,32)(H,31,33). The van der Waals surface area contributed by atoms with Gasteiger partial charge in [0.15, 0.2) is 0 Å². The van der Waals surface area contributed by atoms with Gasteiger partial charge in [-0.25, -0.2) is 9.98 Å². The summed E-state index contributed by atoms with van der Waals surface area (Å²) in [5.41, 5.74) is 11.6. The van der Waals surface area contributed by atoms with Gasteiger partial charge in [-0.1, -0.05) is 78.9 Å². The normalized spacial score (nSPS) is 11.7. The highest BCUT2D eigenvalue weighted by Gasteiger charge is 2.12. The third-order valence-corrected chi connectivity index (χ3v) is 6.59. The number of aromatic nitrogens is 2. The zero-order valence-corrected chi connectivity index (χ0v) is 20.2. The molecule has 0 unspecified atom stereocenters. The van der Waals surface area contributed by atoms with Crippen LogP contribution in [0, 0.1) is 0 Å². The van der Waals surface area contributed by atoms with Gasteiger partial charge in [0.2, 0.25) is 0 Å². The minimum atomic E-state index is 0.536. The van der Waals surface area contributed by atoms with E-state index in [1.54, 1.807) is 11.3 Å². The molecule has 0 atom stereocenters. The van der Waals surface area contributed by atoms with Gasteiger partial charge in [0.25, 0.3) is 0 Å². The van der Waals surface area contributed by atoms with E-state index in [0.717, 1.165) is 47.3 Å². The number of amidine groups is 1. The Morgan fingerprint density at radius 2 is 1.46 bits per heavy atom. The number of nitrogens with one attached hydrogen (secondary N) is 1. The molecule has 3 N–H and O–H groups in total. The van der Waals surface area contributed by atoms with Crippen molar-refractivity contribution in [3.63, 3.8) is 0 Å². The molecule has 5 rings (SSSR count). The van der Waals surface area contributed by atoms with E-state index in [4.69, 9.17) is 5.73 Å². The molecule has 6 heteroatoms. The zero-order chi connectivity index (χ0) is 23.9. The van der Waals surface area contributed by atoms with Crippen LogP contribution >= 0.6 is 11.3 Å². The lowest BCUT2D eigenvalue weighted by Crippen LogP contribution is -2.23. The fourth-order valence-corrected chi connectivity index (χ4v) is 4.61. The predicted molar refractivity (Wildman–Crippen MR) is 145 cm³/mol. The van der Waals surface area contributed by atoms with Crippen molar-refractivity contribution in [1.29, 1.82) is 0 Å². The first-order chi connectivity index (χ1) is 17.2. The molecule has 0 aliphatic heterocycles. The number of hydrogen-bond acceptors (Lipinski definition) is 4. The third-order valence-electron chi connectivity index (χ3n) is 5.70. The molecule has 2 heterocycles. The second kappa shape index (κ2) is 11.0. The minimum Gasteiger partial charge on any atom is -0.383 e. The molecule has 174 valence electrons. The second-order valence-electron chi connectivity index (χ2n) is 8.38. The molecule has 0 amide bonds. The van der Waals surface area contributed by atoms with Crippen molar-refractivity contribution >= 4 is 22.9 Å². The van der Waals surface area contributed by atoms with Crippen LogP contribution in [0.5, 0.6) is 0 Å². The Labute approximate surface area is 209 Å². The van der Waals surface area contributed by atoms with Gasteiger partial charge >= 0.3 is 0 Å². The fourth-order valence-electron chi connectivity index (χ4n) is 3.99. The molecule has 0 bridgehead atoms. The number of thiophene rings is 1. The number of nitrogens with zero attached hydrogens (tertiary/aromatic N) is 3. The highest BCUT2D eigenvalue weighted by atomic mass is 32.1. The Morgan fingerprint density at radius 3 is 2.06 bits per heavy atom. The lowest BCUT2D eigenvalue weighted by Gasteiger charge is -2.21. The number of H-pyrrole nitrogens is 1. The van der Waals surface area contributed by atoms with Crippen LogP contribution in [0.4, 0.5) is 5.69 Å². The summed E-state index contributed by atoms with van der Waals surface area (Å²) in [6.45, 7) is 2.43. The molecule has 0 saturated carbocycles. The summed E-state index contributed by atoms with van der Waals surface area (Å²) in [6.07, 6.45) is 1.90. The summed E-state index contributed by atoms with van der Waals surface area (Å²) in [5.74, 6) is 1.48. The average Bonchev–Trinajstić information content (AvgIpc) is 3.59. The minimum absolute atomic E-state index is 0.536. The van der Waals surface area contributed by atoms with Crippen LogP contribution in [-0.2, 0) is 19.6 Å². The monoisotopic (exact) mass is 477 g/mol. The molecule has 0 spiro atoms. The molecule has 5 nitrogen and oxygen atoms in total. The maximum atomic E-state index is 6.12. The summed E-state index contributed by atoms with van der Waals surface area (Å²) in [4.78, 5) is 16.1. The molecule has 3 aromatic carbocycles. The van der Waals surface area contributed by atoms with Gasteiger partial charge < -0.3 is 10.7 Å². The van der Waals surface area contributed by atoms with Crippen LogP contribution in [0.1, 0.15) is 21.8 Å². The Bertz CT molecular complexity index is 1320. The number of imidazole rings is 1. The number of rotatable bonds is 9. The Hall–Kier alpha value is -4.00. The van der Waals surface area contributed by atoms with Gasteiger partial charge in [-0.05, 0) is 40.3 Å². The van der Waals surface area contributed by atoms with Crippen molar-refractivity contribution in [3.05, 3.63) is 130 Å². The molecule has 0 aliphatic carbocycles. The van der Waals surface area contributed by atoms with Crippen molar-refractivity contribution in [3.8, 4) is 11.3 Å². The second-order valence-corrected chi connectivity index (χ2v) is 9.33. The van der Waals surface area contributed by atoms with E-state index in [1.165, 1.54) is 11.1 Å². The molecular formula is C29H27N5S. The Kier molecular flexibility index (Phi) is 7.13. The van der Waals surface area contributed by atoms with Gasteiger partial charge in [-0.15, -0.1) is 11.3 Å². The van der Waals surface area contributed by atoms with E-state index >= 15 is 0 Å². The lowest BCUT2D eigenvalue weighted by atomic mass is 10.1. The highest BCUT2D eigenvalue weighted by Crippen LogP contribution is 2.23. The van der Waals surface area contributed by atoms with E-state index in [2.05, 4.69) is 80.5 Å². The van der Waals surface area contributed by atoms with Crippen LogP contribution in [0.15, 0.2) is 114 Å². The van der Waals surface area contributed by atoms with Crippen LogP contribution in [-0.4, -0.2) is 20.7 Å². The fraction of sp³-hybridized carbons (Fsp3) is 0.103. The van der Waals surface area contributed by atoms with Crippen molar-refractivity contribution in [2.75, 3.05) is 0 Å². The van der Waals surface area contributed by atoms with Gasteiger partial charge in [0, 0.05) is 13.1 Å². The maximum absolute atomic E-state index is 6.12. The first-order valence-corrected chi connectivity index (χ1v) is 12.4. The molecule has 0 saturated heterocycles. The van der Waals surface area contributed by atoms with E-state index in [9.17, 15) is 0 Å². The summed E-state index contributed by atoms with van der Waals surface area (Å²) in [5, 5.41) is 2.00. The topological polar surface area (TPSA) is 70.3 Å². The molecule has 0 fully saturated rings. The van der Waals surface area contributed by atoms with Crippen molar-refractivity contribution in [2.45, 2.75) is 19.6 Å². The van der Waals surface area contributed by atoms with Gasteiger partial charge in [-0.3, -0.25) is 4.90 Å². The van der Waals surface area contributed by atoms with Crippen LogP contribution in [0.3, 0.4) is 0 Å². The first-order valence-electron chi connectivity index (χ1n) is 11.6. The van der Waals surface area contributed by atoms with E-state index in [1.807, 2.05) is 48.0 Å². The van der Waals surface area contributed by atoms with E-state index in [0.29, 0.717) is 5.84 Å². The Morgan fingerprint density at radius 1 is 0.800 bits per heavy atom. The molecule has 5 aromatic rings. The van der Waals surface area contributed by atoms with Gasteiger partial charge in [0.1, 0.15) is 11.7 Å². The van der Waals surface area contributed by atoms with Crippen molar-refractivity contribution in [1.82, 2.24) is 14.9 Å². The van der Waals surface area contributed by atoms with Crippen LogP contribution < -0.4 is 5.73 Å². The summed E-state index contributed by atoms with van der Waals surface area (Å²) in [7, 11) is 0. The molecule has 2 aromatic heterocycles. The largest absolute Gasteiger partial charge is 0.383 e. The van der Waals surface area contributed by atoms with Crippen LogP contribution in [0.25, 0.3) is 11.3 Å². The highest BCUT2D eigenvalue weighted by molar-refractivity contribution is 7.12. The first kappa shape index (κ1) is 22.8. The maximum Gasteiger partial charge on any atom is 0.141 e. The number of nitrogens with two attached hydrogens (primary N) is 1. The van der Waals surface area contributed by atoms with Gasteiger partial charge in [0.05, 0.1) is 29.0 Å². The summed E-state index contributed by atoms with van der Waals surface area (Å²) < 4.78 is 0. The molecule has 35 heavy (non-hydrogen) atoms. The SMILES string of the molecule is NC(=Nc1ccc(-c2cnc(CN(Cc3ccccc3)Cc3ccccc3)[nH]2)cc1)c1cccs1. The predicted octanol–water partition coefficient (Wildman–Crippen LogP) is 6.38. The summed E-state index contributed by atoms with van der Waals surface area (Å²) >= 11 is 1.59. The molecular weight excluding hydrogens is 450 g/mol. The summed E-state index contributed by atoms with van der Waals surface area (Å²) in [6, 6.07) is 33.1. The van der Waals surface area contributed by atoms with Gasteiger partial charge in [-0.2, -0.15) is 0 Å². The van der Waals surface area contributed by atoms with E-state index in [-0.39, 0.29) is 0 Å². The lowest BCUT2D eigenvalue weighted by molar-refractivity contribution is 0.242. The van der Waals surface area contributed by atoms with Crippen LogP contribution in [0.2, 0.25) is 0 Å². The zero-order valence-electron chi connectivity index (χ0n) is 19.3. The smallest absolute Gasteiger partial charge is 0.141 e. The number of benzene rings is 3. The van der Waals surface area contributed by atoms with E-state index < -0.39 is 0 Å². The number of aliphatic imine (C=N–C) groups is 1. The third kappa shape index (κ3) is 6.12. The van der Waals surface area contributed by atoms with Crippen molar-refractivity contribution in [2.24, 2.45) is 10.7 Å².